The summed E-state index contributed by atoms with van der Waals surface area (Å²) in [5.41, 5.74) is 17.0. The summed E-state index contributed by atoms with van der Waals surface area (Å²) in [7, 11) is 0. The third kappa shape index (κ3) is 6.02. The van der Waals surface area contributed by atoms with Crippen molar-refractivity contribution >= 4 is 96.2 Å². The Morgan fingerprint density at radius 2 is 1.00 bits per heavy atom. The van der Waals surface area contributed by atoms with E-state index in [4.69, 9.17) is 18.8 Å². The van der Waals surface area contributed by atoms with Gasteiger partial charge in [-0.3, -0.25) is 4.90 Å². The summed E-state index contributed by atoms with van der Waals surface area (Å²) in [6.07, 6.45) is 11.0. The van der Waals surface area contributed by atoms with E-state index in [2.05, 4.69) is 205 Å². The molecule has 0 amide bonds. The SMILES string of the molecule is C1=Cc2cc(-c3cccc4c3oc3ccccc34)ccc2N(c2nc(-c3ccc(-c4cccc5ccccc45)cc3)c3ccccc3n2)c2ccc(-c3cccc4c5c(oc34)=CCCC=5)cc21. The second kappa shape index (κ2) is 14.9. The third-order valence-corrected chi connectivity index (χ3v) is 13.7. The summed E-state index contributed by atoms with van der Waals surface area (Å²) in [5.74, 6) is 0.588. The van der Waals surface area contributed by atoms with Gasteiger partial charge < -0.3 is 8.83 Å². The third-order valence-electron chi connectivity index (χ3n) is 13.7. The summed E-state index contributed by atoms with van der Waals surface area (Å²) in [6, 6.07) is 66.7. The Kier molecular flexibility index (Phi) is 8.34. The molecule has 67 heavy (non-hydrogen) atoms. The first-order valence-electron chi connectivity index (χ1n) is 22.9. The van der Waals surface area contributed by atoms with E-state index < -0.39 is 0 Å². The van der Waals surface area contributed by atoms with Gasteiger partial charge in [-0.25, -0.2) is 9.97 Å². The molecule has 14 rings (SSSR count). The zero-order valence-electron chi connectivity index (χ0n) is 36.3. The summed E-state index contributed by atoms with van der Waals surface area (Å²) >= 11 is 0. The van der Waals surface area contributed by atoms with Gasteiger partial charge in [0.15, 0.2) is 0 Å². The maximum atomic E-state index is 6.60. The highest BCUT2D eigenvalue weighted by Gasteiger charge is 2.26. The lowest BCUT2D eigenvalue weighted by Gasteiger charge is -2.26. The summed E-state index contributed by atoms with van der Waals surface area (Å²) in [5, 5.41) is 8.01. The second-order valence-corrected chi connectivity index (χ2v) is 17.5. The van der Waals surface area contributed by atoms with Crippen LogP contribution in [0.15, 0.2) is 197 Å². The Balaban J connectivity index is 0.955. The molecule has 9 aromatic carbocycles. The molecule has 5 nitrogen and oxygen atoms in total. The second-order valence-electron chi connectivity index (χ2n) is 17.5. The van der Waals surface area contributed by atoms with Crippen LogP contribution in [0, 0.1) is 0 Å². The number of hydrogen-bond donors (Lipinski definition) is 0. The van der Waals surface area contributed by atoms with Crippen molar-refractivity contribution in [1.82, 2.24) is 9.97 Å². The highest BCUT2D eigenvalue weighted by atomic mass is 16.3. The fourth-order valence-electron chi connectivity index (χ4n) is 10.5. The summed E-state index contributed by atoms with van der Waals surface area (Å²) < 4.78 is 13.1. The normalized spacial score (nSPS) is 13.1. The van der Waals surface area contributed by atoms with Gasteiger partial charge in [-0.15, -0.1) is 0 Å². The van der Waals surface area contributed by atoms with Crippen LogP contribution >= 0.6 is 0 Å². The maximum absolute atomic E-state index is 6.60. The fraction of sp³-hybridized carbons (Fsp3) is 0.0323. The van der Waals surface area contributed by atoms with Gasteiger partial charge in [0.2, 0.25) is 5.95 Å². The van der Waals surface area contributed by atoms with E-state index in [0.29, 0.717) is 5.95 Å². The van der Waals surface area contributed by atoms with Crippen LogP contribution in [-0.4, -0.2) is 9.97 Å². The number of anilines is 3. The number of nitrogens with zero attached hydrogens (tertiary/aromatic N) is 3. The number of fused-ring (bicyclic) bond motifs is 10. The molecule has 0 N–H and O–H groups in total. The van der Waals surface area contributed by atoms with E-state index >= 15 is 0 Å². The Bertz CT molecular complexity index is 4170. The Hall–Kier alpha value is -8.80. The van der Waals surface area contributed by atoms with Crippen molar-refractivity contribution in [3.05, 3.63) is 210 Å². The predicted molar refractivity (Wildman–Crippen MR) is 277 cm³/mol. The van der Waals surface area contributed by atoms with Crippen molar-refractivity contribution in [2.45, 2.75) is 12.8 Å². The van der Waals surface area contributed by atoms with Gasteiger partial charge in [0.05, 0.1) is 22.6 Å². The van der Waals surface area contributed by atoms with Crippen LogP contribution in [0.1, 0.15) is 24.0 Å². The van der Waals surface area contributed by atoms with Gasteiger partial charge in [0.25, 0.3) is 0 Å². The molecule has 1 aliphatic heterocycles. The van der Waals surface area contributed by atoms with E-state index in [1.807, 2.05) is 12.1 Å². The smallest absolute Gasteiger partial charge is 0.235 e. The van der Waals surface area contributed by atoms with Gasteiger partial charge in [-0.2, -0.15) is 0 Å². The molecule has 0 radical (unpaired) electrons. The van der Waals surface area contributed by atoms with Gasteiger partial charge in [0.1, 0.15) is 22.2 Å². The lowest BCUT2D eigenvalue weighted by atomic mass is 9.96. The summed E-state index contributed by atoms with van der Waals surface area (Å²) in [6.45, 7) is 0. The maximum Gasteiger partial charge on any atom is 0.235 e. The number of para-hydroxylation sites is 4. The molecular weight excluding hydrogens is 819 g/mol. The zero-order valence-corrected chi connectivity index (χ0v) is 36.3. The molecule has 0 bridgehead atoms. The molecule has 0 atom stereocenters. The van der Waals surface area contributed by atoms with Crippen molar-refractivity contribution in [2.75, 3.05) is 4.90 Å². The molecular formula is C62H39N3O2. The lowest BCUT2D eigenvalue weighted by molar-refractivity contribution is 0.572. The fourth-order valence-corrected chi connectivity index (χ4v) is 10.5. The summed E-state index contributed by atoms with van der Waals surface area (Å²) in [4.78, 5) is 13.2. The Labute approximate surface area is 385 Å². The molecule has 0 unspecified atom stereocenters. The van der Waals surface area contributed by atoms with E-state index in [1.54, 1.807) is 0 Å². The minimum atomic E-state index is 0.588. The van der Waals surface area contributed by atoms with Gasteiger partial charge in [-0.05, 0) is 99.5 Å². The molecule has 0 fully saturated rings. The number of benzene rings is 9. The van der Waals surface area contributed by atoms with E-state index in [1.165, 1.54) is 21.6 Å². The molecule has 12 aromatic rings. The van der Waals surface area contributed by atoms with Crippen LogP contribution in [0.3, 0.4) is 0 Å². The lowest BCUT2D eigenvalue weighted by Crippen LogP contribution is -2.21. The van der Waals surface area contributed by atoms with E-state index in [-0.39, 0.29) is 0 Å². The highest BCUT2D eigenvalue weighted by Crippen LogP contribution is 2.46. The van der Waals surface area contributed by atoms with Gasteiger partial charge in [0, 0.05) is 43.5 Å². The first-order chi connectivity index (χ1) is 33.2. The zero-order chi connectivity index (χ0) is 44.0. The highest BCUT2D eigenvalue weighted by molar-refractivity contribution is 6.10. The molecule has 1 aliphatic carbocycles. The van der Waals surface area contributed by atoms with Crippen molar-refractivity contribution in [3.63, 3.8) is 0 Å². The molecule has 314 valence electrons. The number of aromatic nitrogens is 2. The van der Waals surface area contributed by atoms with Crippen molar-refractivity contribution in [1.29, 1.82) is 0 Å². The van der Waals surface area contributed by atoms with Crippen molar-refractivity contribution in [2.24, 2.45) is 0 Å². The standard InChI is InChI=1S/C62H39N3O2/c1-2-14-45-38(12-1)13-9-18-46(45)39-26-28-40(29-27-39)59-53-17-3-6-23-54(53)63-62(64-59)65-55-34-32-41(47-19-10-21-51-49-15-4-7-24-57(49)66-60(47)51)36-43(55)30-31-44-37-42(33-35-56(44)65)48-20-11-22-52-50-16-5-8-25-58(50)67-61(48)52/h1-4,6-7,9-37H,5,8H2. The number of hydrogen-bond acceptors (Lipinski definition) is 5. The number of furan rings is 2. The molecule has 0 saturated heterocycles. The van der Waals surface area contributed by atoms with Crippen LogP contribution in [0.5, 0.6) is 0 Å². The van der Waals surface area contributed by atoms with E-state index in [9.17, 15) is 0 Å². The van der Waals surface area contributed by atoms with Crippen molar-refractivity contribution < 1.29 is 8.83 Å². The monoisotopic (exact) mass is 857 g/mol. The topological polar surface area (TPSA) is 55.3 Å². The quantitative estimate of drug-likeness (QED) is 0.173. The van der Waals surface area contributed by atoms with Crippen LogP contribution in [0.4, 0.5) is 17.3 Å². The van der Waals surface area contributed by atoms with E-state index in [0.717, 1.165) is 124 Å². The first kappa shape index (κ1) is 37.6. The van der Waals surface area contributed by atoms with Crippen LogP contribution < -0.4 is 15.5 Å². The van der Waals surface area contributed by atoms with Crippen LogP contribution in [-0.2, 0) is 0 Å². The van der Waals surface area contributed by atoms with Gasteiger partial charge in [-0.1, -0.05) is 170 Å². The molecule has 0 saturated carbocycles. The minimum absolute atomic E-state index is 0.588. The Morgan fingerprint density at radius 1 is 0.418 bits per heavy atom. The molecule has 0 spiro atoms. The minimum Gasteiger partial charge on any atom is -0.456 e. The first-order valence-corrected chi connectivity index (χ1v) is 22.9. The van der Waals surface area contributed by atoms with Crippen LogP contribution in [0.2, 0.25) is 0 Å². The molecule has 3 aromatic heterocycles. The largest absolute Gasteiger partial charge is 0.456 e. The van der Waals surface area contributed by atoms with Gasteiger partial charge >= 0.3 is 0 Å². The van der Waals surface area contributed by atoms with Crippen LogP contribution in [0.25, 0.3) is 124 Å². The van der Waals surface area contributed by atoms with Crippen molar-refractivity contribution in [3.8, 4) is 44.6 Å². The number of rotatable bonds is 5. The molecule has 2 aliphatic rings. The molecule has 4 heterocycles. The average Bonchev–Trinajstić information content (AvgIpc) is 3.92. The molecule has 5 heteroatoms. The Morgan fingerprint density at radius 3 is 1.79 bits per heavy atom. The average molecular weight is 858 g/mol. The predicted octanol–water partition coefficient (Wildman–Crippen LogP) is 15.4.